The molecule has 0 atom stereocenters. The summed E-state index contributed by atoms with van der Waals surface area (Å²) < 4.78 is 5.44. The van der Waals surface area contributed by atoms with Crippen molar-refractivity contribution in [2.45, 2.75) is 33.7 Å². The molecule has 4 nitrogen and oxygen atoms in total. The molecule has 0 aliphatic rings. The second-order valence-electron chi connectivity index (χ2n) is 4.67. The molecule has 0 aliphatic heterocycles. The molecule has 3 N–H and O–H groups in total. The molecule has 0 saturated heterocycles. The average Bonchev–Trinajstić information content (AvgIpc) is 2.46. The van der Waals surface area contributed by atoms with Gasteiger partial charge in [0.05, 0.1) is 12.2 Å². The number of benzene rings is 1. The zero-order valence-electron chi connectivity index (χ0n) is 13.0. The van der Waals surface area contributed by atoms with Crippen LogP contribution in [0.3, 0.4) is 0 Å². The largest absolute Gasteiger partial charge is 0.494 e. The number of hydrogen-bond donors (Lipinski definition) is 2. The average molecular weight is 288 g/mol. The Hall–Kier alpha value is -2.23. The van der Waals surface area contributed by atoms with Crippen LogP contribution < -0.4 is 15.8 Å². The fourth-order valence-corrected chi connectivity index (χ4v) is 1.81. The van der Waals surface area contributed by atoms with E-state index >= 15 is 0 Å². The van der Waals surface area contributed by atoms with Gasteiger partial charge in [-0.2, -0.15) is 0 Å². The summed E-state index contributed by atoms with van der Waals surface area (Å²) in [4.78, 5) is 12.1. The van der Waals surface area contributed by atoms with Crippen LogP contribution in [-0.4, -0.2) is 12.5 Å². The topological polar surface area (TPSA) is 64.3 Å². The van der Waals surface area contributed by atoms with Gasteiger partial charge in [0.2, 0.25) is 0 Å². The van der Waals surface area contributed by atoms with Gasteiger partial charge in [-0.15, -0.1) is 0 Å². The number of hydrogen-bond acceptors (Lipinski definition) is 3. The lowest BCUT2D eigenvalue weighted by Crippen LogP contribution is -2.25. The molecule has 0 saturated carbocycles. The van der Waals surface area contributed by atoms with Crippen molar-refractivity contribution in [2.75, 3.05) is 6.61 Å². The van der Waals surface area contributed by atoms with Crippen LogP contribution in [0.25, 0.3) is 0 Å². The van der Waals surface area contributed by atoms with E-state index in [-0.39, 0.29) is 5.91 Å². The summed E-state index contributed by atoms with van der Waals surface area (Å²) in [7, 11) is 0. The molecule has 1 aromatic rings. The number of carbonyl (C=O) groups is 1. The Morgan fingerprint density at radius 3 is 2.76 bits per heavy atom. The van der Waals surface area contributed by atoms with Crippen molar-refractivity contribution in [3.8, 4) is 5.75 Å². The maximum Gasteiger partial charge on any atom is 0.253 e. The van der Waals surface area contributed by atoms with Gasteiger partial charge >= 0.3 is 0 Å². The smallest absolute Gasteiger partial charge is 0.253 e. The second kappa shape index (κ2) is 8.84. The van der Waals surface area contributed by atoms with Gasteiger partial charge < -0.3 is 15.8 Å². The molecule has 1 rings (SSSR count). The van der Waals surface area contributed by atoms with Crippen molar-refractivity contribution < 1.29 is 9.53 Å². The molecule has 0 heterocycles. The fraction of sp³-hybridized carbons (Fsp3) is 0.353. The molecule has 0 radical (unpaired) electrons. The highest BCUT2D eigenvalue weighted by molar-refractivity contribution is 5.96. The molecule has 21 heavy (non-hydrogen) atoms. The molecule has 0 aliphatic carbocycles. The SMILES string of the molecule is CC/C=C\C(C(=O)NCc1cccc(OCC)c1)=C(/C)N. The van der Waals surface area contributed by atoms with Crippen molar-refractivity contribution in [3.63, 3.8) is 0 Å². The maximum absolute atomic E-state index is 12.1. The standard InChI is InChI=1S/C17H24N2O2/c1-4-6-10-16(13(3)18)17(20)19-12-14-8-7-9-15(11-14)21-5-2/h6-11H,4-5,12,18H2,1-3H3,(H,19,20)/b10-6-,16-13-. The molecule has 0 bridgehead atoms. The fourth-order valence-electron chi connectivity index (χ4n) is 1.81. The third-order valence-corrected chi connectivity index (χ3v) is 2.85. The van der Waals surface area contributed by atoms with E-state index in [2.05, 4.69) is 5.32 Å². The van der Waals surface area contributed by atoms with Gasteiger partial charge in [-0.1, -0.05) is 31.2 Å². The number of allylic oxidation sites excluding steroid dienone is 2. The molecule has 0 spiro atoms. The minimum atomic E-state index is -0.165. The van der Waals surface area contributed by atoms with Crippen molar-refractivity contribution in [3.05, 3.63) is 53.3 Å². The van der Waals surface area contributed by atoms with Gasteiger partial charge in [-0.05, 0) is 38.0 Å². The van der Waals surface area contributed by atoms with Gasteiger partial charge in [0.15, 0.2) is 0 Å². The first-order valence-electron chi connectivity index (χ1n) is 7.21. The monoisotopic (exact) mass is 288 g/mol. The number of carbonyl (C=O) groups excluding carboxylic acids is 1. The Balaban J connectivity index is 2.69. The van der Waals surface area contributed by atoms with Crippen LogP contribution in [0, 0.1) is 0 Å². The number of rotatable bonds is 7. The highest BCUT2D eigenvalue weighted by atomic mass is 16.5. The van der Waals surface area contributed by atoms with Crippen LogP contribution in [0.1, 0.15) is 32.8 Å². The zero-order valence-corrected chi connectivity index (χ0v) is 13.0. The van der Waals surface area contributed by atoms with Crippen LogP contribution >= 0.6 is 0 Å². The van der Waals surface area contributed by atoms with Crippen LogP contribution in [0.2, 0.25) is 0 Å². The quantitative estimate of drug-likeness (QED) is 0.599. The first-order chi connectivity index (χ1) is 10.1. The number of ether oxygens (including phenoxy) is 1. The number of nitrogens with one attached hydrogen (secondary N) is 1. The van der Waals surface area contributed by atoms with Gasteiger partial charge in [-0.25, -0.2) is 0 Å². The van der Waals surface area contributed by atoms with Crippen molar-refractivity contribution in [2.24, 2.45) is 5.73 Å². The van der Waals surface area contributed by atoms with Crippen LogP contribution in [0.5, 0.6) is 5.75 Å². The molecule has 0 fully saturated rings. The van der Waals surface area contributed by atoms with Crippen molar-refractivity contribution in [1.29, 1.82) is 0 Å². The van der Waals surface area contributed by atoms with E-state index in [1.165, 1.54) is 0 Å². The van der Waals surface area contributed by atoms with Crippen LogP contribution in [-0.2, 0) is 11.3 Å². The lowest BCUT2D eigenvalue weighted by atomic mass is 10.1. The summed E-state index contributed by atoms with van der Waals surface area (Å²) in [6, 6.07) is 7.68. The Labute approximate surface area is 126 Å². The third-order valence-electron chi connectivity index (χ3n) is 2.85. The normalized spacial score (nSPS) is 12.1. The Morgan fingerprint density at radius 2 is 2.14 bits per heavy atom. The molecule has 0 aromatic heterocycles. The maximum atomic E-state index is 12.1. The predicted octanol–water partition coefficient (Wildman–Crippen LogP) is 2.90. The molecule has 0 unspecified atom stereocenters. The van der Waals surface area contributed by atoms with Gasteiger partial charge in [0.25, 0.3) is 5.91 Å². The number of amides is 1. The third kappa shape index (κ3) is 5.73. The minimum Gasteiger partial charge on any atom is -0.494 e. The summed E-state index contributed by atoms with van der Waals surface area (Å²) in [5.74, 6) is 0.641. The van der Waals surface area contributed by atoms with Gasteiger partial charge in [0.1, 0.15) is 5.75 Å². The molecular formula is C17H24N2O2. The van der Waals surface area contributed by atoms with Crippen LogP contribution in [0.15, 0.2) is 47.7 Å². The first-order valence-corrected chi connectivity index (χ1v) is 7.21. The number of nitrogens with two attached hydrogens (primary N) is 1. The summed E-state index contributed by atoms with van der Waals surface area (Å²) in [6.07, 6.45) is 4.54. The van der Waals surface area contributed by atoms with E-state index in [0.29, 0.717) is 24.4 Å². The zero-order chi connectivity index (χ0) is 15.7. The predicted molar refractivity (Wildman–Crippen MR) is 85.8 cm³/mol. The summed E-state index contributed by atoms with van der Waals surface area (Å²) in [5.41, 5.74) is 7.77. The summed E-state index contributed by atoms with van der Waals surface area (Å²) >= 11 is 0. The van der Waals surface area contributed by atoms with Crippen molar-refractivity contribution >= 4 is 5.91 Å². The molecule has 1 amide bonds. The first kappa shape index (κ1) is 16.8. The Bertz CT molecular complexity index is 529. The molecule has 4 heteroatoms. The van der Waals surface area contributed by atoms with Gasteiger partial charge in [0, 0.05) is 12.2 Å². The Kier molecular flexibility index (Phi) is 7.09. The Morgan fingerprint density at radius 1 is 1.38 bits per heavy atom. The molecule has 1 aromatic carbocycles. The van der Waals surface area contributed by atoms with E-state index in [4.69, 9.17) is 10.5 Å². The summed E-state index contributed by atoms with van der Waals surface area (Å²) in [5, 5.41) is 2.87. The molecular weight excluding hydrogens is 264 g/mol. The van der Waals surface area contributed by atoms with Gasteiger partial charge in [-0.3, -0.25) is 4.79 Å². The second-order valence-corrected chi connectivity index (χ2v) is 4.67. The van der Waals surface area contributed by atoms with E-state index in [9.17, 15) is 4.79 Å². The summed E-state index contributed by atoms with van der Waals surface area (Å²) in [6.45, 7) is 6.74. The molecule has 114 valence electrons. The highest BCUT2D eigenvalue weighted by Crippen LogP contribution is 2.13. The van der Waals surface area contributed by atoms with E-state index < -0.39 is 0 Å². The van der Waals surface area contributed by atoms with Crippen molar-refractivity contribution in [1.82, 2.24) is 5.32 Å². The van der Waals surface area contributed by atoms with Crippen LogP contribution in [0.4, 0.5) is 0 Å². The van der Waals surface area contributed by atoms with E-state index in [0.717, 1.165) is 17.7 Å². The highest BCUT2D eigenvalue weighted by Gasteiger charge is 2.08. The lowest BCUT2D eigenvalue weighted by Gasteiger charge is -2.09. The minimum absolute atomic E-state index is 0.165. The van der Waals surface area contributed by atoms with E-state index in [1.807, 2.05) is 44.2 Å². The lowest BCUT2D eigenvalue weighted by molar-refractivity contribution is -0.117. The van der Waals surface area contributed by atoms with E-state index in [1.54, 1.807) is 13.0 Å².